The molecule has 1 amide bonds. The predicted molar refractivity (Wildman–Crippen MR) is 145 cm³/mol. The third-order valence-corrected chi connectivity index (χ3v) is 7.93. The van der Waals surface area contributed by atoms with Crippen LogP contribution in [-0.2, 0) is 9.53 Å². The van der Waals surface area contributed by atoms with Gasteiger partial charge in [0.25, 0.3) is 0 Å². The van der Waals surface area contributed by atoms with Gasteiger partial charge in [-0.2, -0.15) is 0 Å². The molecule has 2 atom stereocenters. The molecule has 1 aliphatic heterocycles. The van der Waals surface area contributed by atoms with Crippen LogP contribution < -0.4 is 16.0 Å². The number of anilines is 3. The fraction of sp³-hybridized carbons (Fsp3) is 0.333. The van der Waals surface area contributed by atoms with Crippen LogP contribution >= 0.6 is 0 Å². The predicted octanol–water partition coefficient (Wildman–Crippen LogP) is 6.70. The molecule has 7 nitrogen and oxygen atoms in total. The van der Waals surface area contributed by atoms with Crippen molar-refractivity contribution in [3.8, 4) is 0 Å². The average Bonchev–Trinajstić information content (AvgIpc) is 3.30. The Morgan fingerprint density at radius 2 is 1.51 bits per heavy atom. The van der Waals surface area contributed by atoms with Gasteiger partial charge in [-0.15, -0.1) is 0 Å². The van der Waals surface area contributed by atoms with Crippen molar-refractivity contribution in [2.24, 2.45) is 11.8 Å². The molecule has 3 aromatic carbocycles. The van der Waals surface area contributed by atoms with E-state index in [9.17, 15) is 32.3 Å². The largest absolute Gasteiger partial charge is 0.478 e. The summed E-state index contributed by atoms with van der Waals surface area (Å²) in [5.41, 5.74) is -1.18. The van der Waals surface area contributed by atoms with Crippen LogP contribution in [-0.4, -0.2) is 29.8 Å². The molecule has 1 heterocycles. The van der Waals surface area contributed by atoms with E-state index in [1.807, 2.05) is 0 Å². The summed E-state index contributed by atoms with van der Waals surface area (Å²) in [6.07, 6.45) is 2.92. The zero-order valence-electron chi connectivity index (χ0n) is 22.1. The van der Waals surface area contributed by atoms with Gasteiger partial charge in [0.1, 0.15) is 17.7 Å². The van der Waals surface area contributed by atoms with Crippen LogP contribution in [0.5, 0.6) is 0 Å². The Morgan fingerprint density at radius 1 is 0.902 bits per heavy atom. The van der Waals surface area contributed by atoms with E-state index in [1.54, 1.807) is 0 Å². The number of ether oxygens (including phenoxy) is 1. The molecule has 0 bridgehead atoms. The number of nitrogens with one attached hydrogen (secondary N) is 3. The number of methoxy groups -OCH3 is 1. The maximum atomic E-state index is 14.9. The van der Waals surface area contributed by atoms with E-state index in [4.69, 9.17) is 4.74 Å². The van der Waals surface area contributed by atoms with Gasteiger partial charge < -0.3 is 25.8 Å². The quantitative estimate of drug-likeness (QED) is 0.225. The van der Waals surface area contributed by atoms with Crippen LogP contribution in [0.1, 0.15) is 54.1 Å². The van der Waals surface area contributed by atoms with E-state index < -0.39 is 52.8 Å². The van der Waals surface area contributed by atoms with Crippen molar-refractivity contribution in [2.75, 3.05) is 23.1 Å². The molecular weight excluding hydrogens is 542 g/mol. The molecule has 4 N–H and O–H groups in total. The lowest BCUT2D eigenvalue weighted by molar-refractivity contribution is -0.126. The zero-order chi connectivity index (χ0) is 29.3. The number of rotatable bonds is 8. The van der Waals surface area contributed by atoms with Crippen LogP contribution in [0.2, 0.25) is 0 Å². The number of amides is 1. The van der Waals surface area contributed by atoms with Crippen LogP contribution in [0.3, 0.4) is 0 Å². The Balaban J connectivity index is 1.63. The fourth-order valence-corrected chi connectivity index (χ4v) is 6.12. The molecule has 2 unspecified atom stereocenters. The molecule has 0 radical (unpaired) electrons. The number of aromatic carboxylic acids is 1. The van der Waals surface area contributed by atoms with Crippen LogP contribution in [0.25, 0.3) is 0 Å². The lowest BCUT2D eigenvalue weighted by atomic mass is 9.70. The third-order valence-electron chi connectivity index (χ3n) is 7.93. The average molecular weight is 572 g/mol. The molecule has 1 aliphatic carbocycles. The van der Waals surface area contributed by atoms with E-state index in [-0.39, 0.29) is 28.5 Å². The van der Waals surface area contributed by atoms with Crippen LogP contribution in [0, 0.1) is 35.1 Å². The SMILES string of the molecule is COC(c1ccc(F)cc1)C1(C(C(=O)Nc2ccc(C(=O)O)cc2F)C2CCCCC2)Nc2cc(F)c(F)cc2N1. The number of benzene rings is 3. The normalized spacial score (nSPS) is 17.6. The molecule has 0 saturated heterocycles. The van der Waals surface area contributed by atoms with Gasteiger partial charge in [0.2, 0.25) is 5.91 Å². The number of carbonyl (C=O) groups is 2. The number of fused-ring (bicyclic) bond motifs is 1. The highest BCUT2D eigenvalue weighted by molar-refractivity contribution is 5.96. The molecule has 5 rings (SSSR count). The highest BCUT2D eigenvalue weighted by atomic mass is 19.2. The molecule has 2 aliphatic rings. The monoisotopic (exact) mass is 571 g/mol. The van der Waals surface area contributed by atoms with Crippen LogP contribution in [0.15, 0.2) is 54.6 Å². The van der Waals surface area contributed by atoms with E-state index in [1.165, 1.54) is 43.5 Å². The Bertz CT molecular complexity index is 1430. The minimum absolute atomic E-state index is 0.193. The van der Waals surface area contributed by atoms with Crippen molar-refractivity contribution in [1.29, 1.82) is 0 Å². The Kier molecular flexibility index (Phi) is 7.90. The topological polar surface area (TPSA) is 99.7 Å². The molecular formula is C30H29F4N3O4. The van der Waals surface area contributed by atoms with Crippen molar-refractivity contribution in [3.05, 3.63) is 89.0 Å². The summed E-state index contributed by atoms with van der Waals surface area (Å²) in [4.78, 5) is 25.5. The van der Waals surface area contributed by atoms with Crippen LogP contribution in [0.4, 0.5) is 34.6 Å². The molecule has 11 heteroatoms. The second-order valence-electron chi connectivity index (χ2n) is 10.5. The fourth-order valence-electron chi connectivity index (χ4n) is 6.12. The summed E-state index contributed by atoms with van der Waals surface area (Å²) in [5.74, 6) is -6.82. The lowest BCUT2D eigenvalue weighted by Gasteiger charge is -2.46. The Morgan fingerprint density at radius 3 is 2.05 bits per heavy atom. The summed E-state index contributed by atoms with van der Waals surface area (Å²) in [6, 6.07) is 10.6. The second kappa shape index (κ2) is 11.4. The summed E-state index contributed by atoms with van der Waals surface area (Å²) < 4.78 is 63.4. The molecule has 3 aromatic rings. The molecule has 41 heavy (non-hydrogen) atoms. The van der Waals surface area contributed by atoms with Crippen molar-refractivity contribution in [1.82, 2.24) is 0 Å². The van der Waals surface area contributed by atoms with Gasteiger partial charge in [-0.1, -0.05) is 31.4 Å². The number of carboxylic acid groups (broad SMARTS) is 1. The van der Waals surface area contributed by atoms with E-state index >= 15 is 0 Å². The Hall–Kier alpha value is -4.12. The van der Waals surface area contributed by atoms with Gasteiger partial charge >= 0.3 is 5.97 Å². The second-order valence-corrected chi connectivity index (χ2v) is 10.5. The van der Waals surface area contributed by atoms with Crippen molar-refractivity contribution >= 4 is 28.9 Å². The number of hydrogen-bond acceptors (Lipinski definition) is 5. The smallest absolute Gasteiger partial charge is 0.335 e. The number of halogens is 4. The number of carboxylic acids is 1. The minimum atomic E-state index is -1.54. The van der Waals surface area contributed by atoms with E-state index in [0.29, 0.717) is 18.4 Å². The first-order valence-corrected chi connectivity index (χ1v) is 13.3. The van der Waals surface area contributed by atoms with Crippen molar-refractivity contribution in [3.63, 3.8) is 0 Å². The zero-order valence-corrected chi connectivity index (χ0v) is 22.1. The first-order valence-electron chi connectivity index (χ1n) is 13.3. The Labute approximate surface area is 233 Å². The lowest BCUT2D eigenvalue weighted by Crippen LogP contribution is -2.60. The first-order chi connectivity index (χ1) is 19.6. The van der Waals surface area contributed by atoms with E-state index in [0.717, 1.165) is 37.5 Å². The van der Waals surface area contributed by atoms with Crippen molar-refractivity contribution in [2.45, 2.75) is 43.9 Å². The van der Waals surface area contributed by atoms with Crippen molar-refractivity contribution < 1.29 is 37.0 Å². The third kappa shape index (κ3) is 5.46. The highest BCUT2D eigenvalue weighted by Crippen LogP contribution is 2.50. The maximum Gasteiger partial charge on any atom is 0.335 e. The van der Waals surface area contributed by atoms with Gasteiger partial charge in [-0.3, -0.25) is 4.79 Å². The summed E-state index contributed by atoms with van der Waals surface area (Å²) in [7, 11) is 1.41. The first kappa shape index (κ1) is 28.4. The van der Waals surface area contributed by atoms with Gasteiger partial charge in [-0.25, -0.2) is 22.4 Å². The molecule has 1 saturated carbocycles. The molecule has 0 spiro atoms. The summed E-state index contributed by atoms with van der Waals surface area (Å²) >= 11 is 0. The number of hydrogen-bond donors (Lipinski definition) is 4. The highest BCUT2D eigenvalue weighted by Gasteiger charge is 2.56. The van der Waals surface area contributed by atoms with Gasteiger partial charge in [0.05, 0.1) is 28.5 Å². The maximum absolute atomic E-state index is 14.9. The minimum Gasteiger partial charge on any atom is -0.478 e. The standard InChI is InChI=1S/C30H29F4N3O4/c1-41-27(17-7-10-19(31)11-8-17)30(36-24-14-20(32)21(33)15-25(24)37-30)26(16-5-3-2-4-6-16)28(38)35-23-12-9-18(29(39)40)13-22(23)34/h7-16,26-27,36-37H,2-6H2,1H3,(H,35,38)(H,39,40). The summed E-state index contributed by atoms with van der Waals surface area (Å²) in [6.45, 7) is 0. The molecule has 1 fully saturated rings. The molecule has 216 valence electrons. The number of carbonyl (C=O) groups excluding carboxylic acids is 1. The van der Waals surface area contributed by atoms with Gasteiger partial charge in [-0.05, 0) is 54.7 Å². The van der Waals surface area contributed by atoms with Gasteiger partial charge in [0, 0.05) is 19.2 Å². The summed E-state index contributed by atoms with van der Waals surface area (Å²) in [5, 5.41) is 18.2. The van der Waals surface area contributed by atoms with Gasteiger partial charge in [0.15, 0.2) is 17.3 Å². The molecule has 0 aromatic heterocycles. The van der Waals surface area contributed by atoms with E-state index in [2.05, 4.69) is 16.0 Å².